The minimum absolute atomic E-state index is 0.200. The van der Waals surface area contributed by atoms with Crippen molar-refractivity contribution >= 4 is 28.6 Å². The number of hydrogen-bond acceptors (Lipinski definition) is 5. The van der Waals surface area contributed by atoms with E-state index in [0.717, 1.165) is 34.1 Å². The Morgan fingerprint density at radius 3 is 2.62 bits per heavy atom. The largest absolute Gasteiger partial charge is 0.442 e. The van der Waals surface area contributed by atoms with Gasteiger partial charge >= 0.3 is 6.09 Å². The topological polar surface area (TPSA) is 83.6 Å². The minimum atomic E-state index is -0.556. The van der Waals surface area contributed by atoms with Crippen molar-refractivity contribution < 1.29 is 18.7 Å². The number of pyridine rings is 1. The average Bonchev–Trinajstić information content (AvgIpc) is 3.28. The van der Waals surface area contributed by atoms with Gasteiger partial charge in [0.2, 0.25) is 5.91 Å². The molecular weight excluding hydrogens is 471 g/mol. The second-order valence-corrected chi connectivity index (χ2v) is 9.05. The first-order valence-electron chi connectivity index (χ1n) is 12.1. The predicted molar refractivity (Wildman–Crippen MR) is 140 cm³/mol. The number of anilines is 1. The summed E-state index contributed by atoms with van der Waals surface area (Å²) in [6, 6.07) is 22.7. The van der Waals surface area contributed by atoms with Crippen LogP contribution in [-0.4, -0.2) is 36.2 Å². The van der Waals surface area contributed by atoms with Crippen molar-refractivity contribution in [1.82, 2.24) is 15.6 Å². The third kappa shape index (κ3) is 5.76. The maximum absolute atomic E-state index is 15.0. The van der Waals surface area contributed by atoms with E-state index in [1.165, 1.54) is 17.9 Å². The van der Waals surface area contributed by atoms with E-state index in [9.17, 15) is 9.59 Å². The lowest BCUT2D eigenvalue weighted by Gasteiger charge is -2.15. The zero-order valence-electron chi connectivity index (χ0n) is 20.4. The number of cyclic esters (lactones) is 1. The molecule has 1 aliphatic heterocycles. The fourth-order valence-corrected chi connectivity index (χ4v) is 4.38. The molecule has 3 aromatic carbocycles. The number of halogens is 1. The molecule has 37 heavy (non-hydrogen) atoms. The van der Waals surface area contributed by atoms with Gasteiger partial charge in [0.05, 0.1) is 24.3 Å². The first-order valence-corrected chi connectivity index (χ1v) is 12.1. The Labute approximate surface area is 214 Å². The van der Waals surface area contributed by atoms with E-state index in [2.05, 4.69) is 33.8 Å². The zero-order valence-corrected chi connectivity index (χ0v) is 20.4. The first-order chi connectivity index (χ1) is 18.0. The van der Waals surface area contributed by atoms with Crippen molar-refractivity contribution in [1.29, 1.82) is 0 Å². The fourth-order valence-electron chi connectivity index (χ4n) is 4.38. The van der Waals surface area contributed by atoms with Gasteiger partial charge in [-0.05, 0) is 47.0 Å². The molecule has 0 spiro atoms. The molecule has 0 bridgehead atoms. The van der Waals surface area contributed by atoms with E-state index in [4.69, 9.17) is 4.74 Å². The lowest BCUT2D eigenvalue weighted by Crippen LogP contribution is -2.33. The highest BCUT2D eigenvalue weighted by molar-refractivity contribution is 5.90. The van der Waals surface area contributed by atoms with E-state index in [1.54, 1.807) is 18.3 Å². The molecule has 1 saturated heterocycles. The molecule has 1 atom stereocenters. The fraction of sp³-hybridized carbons (Fsp3) is 0.207. The Morgan fingerprint density at radius 2 is 1.84 bits per heavy atom. The maximum atomic E-state index is 15.0. The summed E-state index contributed by atoms with van der Waals surface area (Å²) in [6.45, 7) is 3.26. The Balaban J connectivity index is 1.19. The van der Waals surface area contributed by atoms with Gasteiger partial charge in [0.25, 0.3) is 0 Å². The molecule has 1 aliphatic rings. The predicted octanol–water partition coefficient (Wildman–Crippen LogP) is 4.79. The van der Waals surface area contributed by atoms with Crippen LogP contribution >= 0.6 is 0 Å². The molecule has 1 fully saturated rings. The van der Waals surface area contributed by atoms with Crippen LogP contribution in [0, 0.1) is 5.82 Å². The molecule has 7 nitrogen and oxygen atoms in total. The summed E-state index contributed by atoms with van der Waals surface area (Å²) < 4.78 is 20.3. The molecular formula is C29H27FN4O3. The third-order valence-corrected chi connectivity index (χ3v) is 6.31. The third-order valence-electron chi connectivity index (χ3n) is 6.31. The number of aromatic nitrogens is 1. The lowest BCUT2D eigenvalue weighted by atomic mass is 10.0. The highest BCUT2D eigenvalue weighted by Gasteiger charge is 2.32. The molecule has 5 rings (SSSR count). The molecule has 0 saturated carbocycles. The SMILES string of the molecule is CC(=O)NC[C@H]1CN(c2ccc(-c3ccc(CNCc4ccc5cccnc5c4)cc3)c(F)c2)C(=O)O1. The van der Waals surface area contributed by atoms with Crippen LogP contribution in [-0.2, 0) is 22.6 Å². The molecule has 0 aliphatic carbocycles. The first kappa shape index (κ1) is 24.4. The summed E-state index contributed by atoms with van der Waals surface area (Å²) in [5.74, 6) is -0.624. The standard InChI is InChI=1S/C29H27FN4O3/c1-19(35)33-17-25-18-34(29(36)37-25)24-10-11-26(27(30)14-24)22-7-4-20(5-8-22)15-31-16-21-6-9-23-3-2-12-32-28(23)13-21/h2-14,25,31H,15-18H2,1H3,(H,33,35)/t25-/m0/s1. The van der Waals surface area contributed by atoms with Gasteiger partial charge in [-0.2, -0.15) is 0 Å². The van der Waals surface area contributed by atoms with Gasteiger partial charge in [-0.3, -0.25) is 14.7 Å². The molecule has 4 aromatic rings. The second kappa shape index (κ2) is 10.8. The van der Waals surface area contributed by atoms with Gasteiger partial charge in [0, 0.05) is 37.2 Å². The normalized spacial score (nSPS) is 15.1. The van der Waals surface area contributed by atoms with Crippen LogP contribution in [0.15, 0.2) is 79.0 Å². The number of nitrogens with one attached hydrogen (secondary N) is 2. The molecule has 188 valence electrons. The Hall–Kier alpha value is -4.30. The number of ether oxygens (including phenoxy) is 1. The Morgan fingerprint density at radius 1 is 1.05 bits per heavy atom. The van der Waals surface area contributed by atoms with Crippen LogP contribution in [0.1, 0.15) is 18.1 Å². The number of benzene rings is 3. The molecule has 2 heterocycles. The molecule has 0 radical (unpaired) electrons. The maximum Gasteiger partial charge on any atom is 0.414 e. The van der Waals surface area contributed by atoms with Crippen molar-refractivity contribution in [3.05, 3.63) is 95.9 Å². The lowest BCUT2D eigenvalue weighted by molar-refractivity contribution is -0.119. The van der Waals surface area contributed by atoms with E-state index >= 15 is 4.39 Å². The van der Waals surface area contributed by atoms with Gasteiger partial charge in [0.1, 0.15) is 11.9 Å². The second-order valence-electron chi connectivity index (χ2n) is 9.05. The number of fused-ring (bicyclic) bond motifs is 1. The van der Waals surface area contributed by atoms with Crippen LogP contribution < -0.4 is 15.5 Å². The summed E-state index contributed by atoms with van der Waals surface area (Å²) in [4.78, 5) is 29.1. The van der Waals surface area contributed by atoms with Crippen LogP contribution in [0.4, 0.5) is 14.9 Å². The van der Waals surface area contributed by atoms with E-state index in [0.29, 0.717) is 17.8 Å². The minimum Gasteiger partial charge on any atom is -0.442 e. The van der Waals surface area contributed by atoms with Crippen molar-refractivity contribution in [3.8, 4) is 11.1 Å². The quantitative estimate of drug-likeness (QED) is 0.365. The van der Waals surface area contributed by atoms with Crippen molar-refractivity contribution in [2.75, 3.05) is 18.0 Å². The number of carbonyl (C=O) groups is 2. The molecule has 1 aromatic heterocycles. The number of hydrogen-bond donors (Lipinski definition) is 2. The van der Waals surface area contributed by atoms with Crippen molar-refractivity contribution in [2.24, 2.45) is 0 Å². The molecule has 8 heteroatoms. The Bertz CT molecular complexity index is 1440. The number of rotatable bonds is 8. The van der Waals surface area contributed by atoms with Crippen LogP contribution in [0.2, 0.25) is 0 Å². The number of amides is 2. The van der Waals surface area contributed by atoms with Gasteiger partial charge < -0.3 is 15.4 Å². The van der Waals surface area contributed by atoms with E-state index in [1.807, 2.05) is 36.4 Å². The van der Waals surface area contributed by atoms with Crippen molar-refractivity contribution in [3.63, 3.8) is 0 Å². The average molecular weight is 499 g/mol. The van der Waals surface area contributed by atoms with Gasteiger partial charge in [-0.25, -0.2) is 9.18 Å². The number of carbonyl (C=O) groups excluding carboxylic acids is 2. The van der Waals surface area contributed by atoms with Gasteiger partial charge in [-0.1, -0.05) is 42.5 Å². The Kier molecular flexibility index (Phi) is 7.09. The van der Waals surface area contributed by atoms with Crippen molar-refractivity contribution in [2.45, 2.75) is 26.1 Å². The van der Waals surface area contributed by atoms with Crippen LogP contribution in [0.25, 0.3) is 22.0 Å². The molecule has 2 N–H and O–H groups in total. The molecule has 2 amide bonds. The summed E-state index contributed by atoms with van der Waals surface area (Å²) in [6.07, 6.45) is 0.765. The van der Waals surface area contributed by atoms with Crippen LogP contribution in [0.5, 0.6) is 0 Å². The monoisotopic (exact) mass is 498 g/mol. The summed E-state index contributed by atoms with van der Waals surface area (Å²) in [5, 5.41) is 7.19. The van der Waals surface area contributed by atoms with E-state index < -0.39 is 18.0 Å². The van der Waals surface area contributed by atoms with E-state index in [-0.39, 0.29) is 19.0 Å². The summed E-state index contributed by atoms with van der Waals surface area (Å²) in [5.41, 5.74) is 4.85. The smallest absolute Gasteiger partial charge is 0.414 e. The van der Waals surface area contributed by atoms with Gasteiger partial charge in [0.15, 0.2) is 0 Å². The van der Waals surface area contributed by atoms with Crippen LogP contribution in [0.3, 0.4) is 0 Å². The summed E-state index contributed by atoms with van der Waals surface area (Å²) >= 11 is 0. The zero-order chi connectivity index (χ0) is 25.8. The summed E-state index contributed by atoms with van der Waals surface area (Å²) in [7, 11) is 0. The molecule has 0 unspecified atom stereocenters. The highest BCUT2D eigenvalue weighted by atomic mass is 19.1. The number of nitrogens with zero attached hydrogens (tertiary/aromatic N) is 2. The highest BCUT2D eigenvalue weighted by Crippen LogP contribution is 2.29. The van der Waals surface area contributed by atoms with Gasteiger partial charge in [-0.15, -0.1) is 0 Å².